The van der Waals surface area contributed by atoms with E-state index in [-0.39, 0.29) is 17.9 Å². The third kappa shape index (κ3) is 5.31. The molecular weight excluding hydrogens is 464 g/mol. The second-order valence-electron chi connectivity index (χ2n) is 9.21. The van der Waals surface area contributed by atoms with Crippen molar-refractivity contribution in [2.24, 2.45) is 5.92 Å². The number of carboxylic acid groups (broad SMARTS) is 1. The number of fused-ring (bicyclic) bond motifs is 1. The van der Waals surface area contributed by atoms with E-state index in [2.05, 4.69) is 33.1 Å². The minimum absolute atomic E-state index is 0.0205. The average molecular weight is 491 g/mol. The first-order valence-corrected chi connectivity index (χ1v) is 12.2. The number of benzene rings is 2. The highest BCUT2D eigenvalue weighted by Gasteiger charge is 2.23. The number of carboxylic acids is 1. The summed E-state index contributed by atoms with van der Waals surface area (Å²) in [5, 5.41) is 19.4. The number of pyridine rings is 1. The van der Waals surface area contributed by atoms with Gasteiger partial charge in [-0.25, -0.2) is 9.78 Å². The summed E-state index contributed by atoms with van der Waals surface area (Å²) in [7, 11) is 0. The Morgan fingerprint density at radius 3 is 2.71 bits per heavy atom. The van der Waals surface area contributed by atoms with Crippen molar-refractivity contribution in [3.63, 3.8) is 0 Å². The summed E-state index contributed by atoms with van der Waals surface area (Å²) in [5.41, 5.74) is 5.43. The van der Waals surface area contributed by atoms with E-state index in [1.807, 2.05) is 24.3 Å². The van der Waals surface area contributed by atoms with Gasteiger partial charge in [-0.3, -0.25) is 4.79 Å². The molecule has 0 bridgehead atoms. The zero-order chi connectivity index (χ0) is 24.4. The number of nitrogens with one attached hydrogen (secondary N) is 3. The molecule has 35 heavy (non-hydrogen) atoms. The number of hydrogen-bond acceptors (Lipinski definition) is 5. The zero-order valence-electron chi connectivity index (χ0n) is 19.2. The SMILES string of the molecule is O=C(O)c1ccc(CC2Cc3ccc(-c4cc(NC(=O)C5CCCNC5)ncc4Cl)cc3N2)cc1. The van der Waals surface area contributed by atoms with Crippen molar-refractivity contribution < 1.29 is 14.7 Å². The number of carbonyl (C=O) groups is 2. The number of aromatic carboxylic acids is 1. The second-order valence-corrected chi connectivity index (χ2v) is 9.61. The van der Waals surface area contributed by atoms with E-state index in [0.717, 1.165) is 54.6 Å². The van der Waals surface area contributed by atoms with E-state index >= 15 is 0 Å². The Kier molecular flexibility index (Phi) is 6.70. The van der Waals surface area contributed by atoms with E-state index in [1.165, 1.54) is 5.56 Å². The molecule has 4 N–H and O–H groups in total. The lowest BCUT2D eigenvalue weighted by Crippen LogP contribution is -2.37. The number of piperidine rings is 1. The van der Waals surface area contributed by atoms with Crippen LogP contribution in [-0.2, 0) is 17.6 Å². The Labute approximate surface area is 208 Å². The Morgan fingerprint density at radius 1 is 1.14 bits per heavy atom. The molecule has 0 spiro atoms. The van der Waals surface area contributed by atoms with Gasteiger partial charge in [-0.1, -0.05) is 35.9 Å². The first kappa shape index (κ1) is 23.3. The molecule has 0 saturated carbocycles. The normalized spacial score (nSPS) is 19.0. The molecule has 2 aromatic carbocycles. The van der Waals surface area contributed by atoms with Crippen LogP contribution in [0.25, 0.3) is 11.1 Å². The highest BCUT2D eigenvalue weighted by Crippen LogP contribution is 2.35. The van der Waals surface area contributed by atoms with Crippen molar-refractivity contribution in [2.75, 3.05) is 23.7 Å². The molecule has 8 heteroatoms. The molecule has 7 nitrogen and oxygen atoms in total. The summed E-state index contributed by atoms with van der Waals surface area (Å²) in [5.74, 6) is -0.492. The van der Waals surface area contributed by atoms with Crippen LogP contribution in [0.4, 0.5) is 11.5 Å². The van der Waals surface area contributed by atoms with Crippen LogP contribution in [0.1, 0.15) is 34.3 Å². The van der Waals surface area contributed by atoms with Gasteiger partial charge < -0.3 is 21.1 Å². The Bertz CT molecular complexity index is 1260. The standard InChI is InChI=1S/C27H27ClN4O3/c28-23-15-30-25(32-26(33)20-2-1-9-29-14-20)13-22(23)18-7-8-19-11-21(31-24(19)12-18)10-16-3-5-17(6-4-16)27(34)35/h3-8,12-13,15,20-21,29,31H,1-2,9-11,14H2,(H,34,35)(H,30,32,33). The van der Waals surface area contributed by atoms with Crippen molar-refractivity contribution >= 4 is 35.0 Å². The number of hydrogen-bond donors (Lipinski definition) is 4. The molecule has 1 aromatic heterocycles. The van der Waals surface area contributed by atoms with E-state index in [0.29, 0.717) is 22.9 Å². The number of nitrogens with zero attached hydrogens (tertiary/aromatic N) is 1. The zero-order valence-corrected chi connectivity index (χ0v) is 19.9. The van der Waals surface area contributed by atoms with E-state index in [9.17, 15) is 9.59 Å². The Hall–Kier alpha value is -3.42. The lowest BCUT2D eigenvalue weighted by molar-refractivity contribution is -0.120. The molecule has 1 amide bonds. The summed E-state index contributed by atoms with van der Waals surface area (Å²) in [4.78, 5) is 28.0. The van der Waals surface area contributed by atoms with E-state index in [4.69, 9.17) is 16.7 Å². The molecule has 3 heterocycles. The van der Waals surface area contributed by atoms with Crippen molar-refractivity contribution in [1.82, 2.24) is 10.3 Å². The van der Waals surface area contributed by atoms with Crippen molar-refractivity contribution in [3.8, 4) is 11.1 Å². The number of halogens is 1. The summed E-state index contributed by atoms with van der Waals surface area (Å²) in [6.45, 7) is 1.64. The van der Waals surface area contributed by atoms with Gasteiger partial charge >= 0.3 is 5.97 Å². The summed E-state index contributed by atoms with van der Waals surface area (Å²) < 4.78 is 0. The van der Waals surface area contributed by atoms with Crippen molar-refractivity contribution in [2.45, 2.75) is 31.7 Å². The molecule has 2 aliphatic rings. The van der Waals surface area contributed by atoms with Crippen LogP contribution < -0.4 is 16.0 Å². The number of carbonyl (C=O) groups excluding carboxylic acids is 1. The number of aromatic nitrogens is 1. The first-order valence-electron chi connectivity index (χ1n) is 11.9. The van der Waals surface area contributed by atoms with Gasteiger partial charge in [0.05, 0.1) is 16.5 Å². The van der Waals surface area contributed by atoms with Gasteiger partial charge in [-0.05, 0) is 73.2 Å². The third-order valence-corrected chi connectivity index (χ3v) is 7.01. The van der Waals surface area contributed by atoms with Gasteiger partial charge in [0.15, 0.2) is 0 Å². The highest BCUT2D eigenvalue weighted by molar-refractivity contribution is 6.33. The third-order valence-electron chi connectivity index (χ3n) is 6.70. The number of anilines is 2. The molecule has 2 atom stereocenters. The fraction of sp³-hybridized carbons (Fsp3) is 0.296. The molecule has 2 unspecified atom stereocenters. The largest absolute Gasteiger partial charge is 0.478 e. The Balaban J connectivity index is 1.29. The molecule has 0 aliphatic carbocycles. The maximum atomic E-state index is 12.6. The smallest absolute Gasteiger partial charge is 0.335 e. The minimum Gasteiger partial charge on any atom is -0.478 e. The monoisotopic (exact) mass is 490 g/mol. The fourth-order valence-corrected chi connectivity index (χ4v) is 5.03. The maximum absolute atomic E-state index is 12.6. The summed E-state index contributed by atoms with van der Waals surface area (Å²) in [6, 6.07) is 15.3. The summed E-state index contributed by atoms with van der Waals surface area (Å²) in [6.07, 6.45) is 5.13. The maximum Gasteiger partial charge on any atom is 0.335 e. The number of rotatable bonds is 6. The topological polar surface area (TPSA) is 103 Å². The van der Waals surface area contributed by atoms with Crippen molar-refractivity contribution in [3.05, 3.63) is 76.4 Å². The van der Waals surface area contributed by atoms with Gasteiger partial charge in [-0.15, -0.1) is 0 Å². The molecule has 2 aliphatic heterocycles. The first-order chi connectivity index (χ1) is 17.0. The predicted molar refractivity (Wildman–Crippen MR) is 137 cm³/mol. The van der Waals surface area contributed by atoms with Gasteiger partial charge in [0.1, 0.15) is 5.82 Å². The summed E-state index contributed by atoms with van der Waals surface area (Å²) >= 11 is 6.49. The van der Waals surface area contributed by atoms with E-state index < -0.39 is 5.97 Å². The van der Waals surface area contributed by atoms with Crippen molar-refractivity contribution in [1.29, 1.82) is 0 Å². The molecule has 5 rings (SSSR count). The van der Waals surface area contributed by atoms with Crippen LogP contribution in [0.15, 0.2) is 54.7 Å². The van der Waals surface area contributed by atoms with Crippen LogP contribution in [-0.4, -0.2) is 41.1 Å². The van der Waals surface area contributed by atoms with Gasteiger partial charge in [-0.2, -0.15) is 0 Å². The molecule has 180 valence electrons. The molecule has 0 radical (unpaired) electrons. The van der Waals surface area contributed by atoms with Gasteiger partial charge in [0.2, 0.25) is 5.91 Å². The van der Waals surface area contributed by atoms with Gasteiger partial charge in [0.25, 0.3) is 0 Å². The average Bonchev–Trinajstić information content (AvgIpc) is 3.27. The highest BCUT2D eigenvalue weighted by atomic mass is 35.5. The lowest BCUT2D eigenvalue weighted by atomic mass is 9.98. The van der Waals surface area contributed by atoms with Crippen LogP contribution in [0.3, 0.4) is 0 Å². The van der Waals surface area contributed by atoms with Crippen LogP contribution in [0.5, 0.6) is 0 Å². The van der Waals surface area contributed by atoms with Crippen LogP contribution in [0.2, 0.25) is 5.02 Å². The van der Waals surface area contributed by atoms with Crippen LogP contribution in [0, 0.1) is 5.92 Å². The Morgan fingerprint density at radius 2 is 1.97 bits per heavy atom. The predicted octanol–water partition coefficient (Wildman–Crippen LogP) is 4.62. The second kappa shape index (κ2) is 10.1. The quantitative estimate of drug-likeness (QED) is 0.402. The van der Waals surface area contributed by atoms with E-state index in [1.54, 1.807) is 18.3 Å². The number of amides is 1. The molecule has 1 saturated heterocycles. The fourth-order valence-electron chi connectivity index (χ4n) is 4.82. The van der Waals surface area contributed by atoms with Crippen LogP contribution >= 0.6 is 11.6 Å². The molecular formula is C27H27ClN4O3. The van der Waals surface area contributed by atoms with Gasteiger partial charge in [0, 0.05) is 30.0 Å². The molecule has 3 aromatic rings. The molecule has 1 fully saturated rings. The minimum atomic E-state index is -0.918. The lowest BCUT2D eigenvalue weighted by Gasteiger charge is -2.21.